The van der Waals surface area contributed by atoms with E-state index < -0.39 is 30.0 Å². The van der Waals surface area contributed by atoms with Gasteiger partial charge in [-0.15, -0.1) is 0 Å². The molecular formula is C21H27NO7. The lowest BCUT2D eigenvalue weighted by Gasteiger charge is -2.25. The van der Waals surface area contributed by atoms with Crippen molar-refractivity contribution in [1.29, 1.82) is 0 Å². The number of carbonyl (C=O) groups is 3. The summed E-state index contributed by atoms with van der Waals surface area (Å²) < 4.78 is 14.8. The smallest absolute Gasteiger partial charge is 0.410 e. The molecule has 2 rings (SSSR count). The van der Waals surface area contributed by atoms with Crippen LogP contribution < -0.4 is 0 Å². The number of hydrogen-bond acceptors (Lipinski definition) is 7. The van der Waals surface area contributed by atoms with Gasteiger partial charge in [-0.2, -0.15) is 0 Å². The third kappa shape index (κ3) is 5.28. The number of methoxy groups -OCH3 is 2. The van der Waals surface area contributed by atoms with E-state index in [1.165, 1.54) is 19.1 Å². The predicted octanol–water partition coefficient (Wildman–Crippen LogP) is 2.60. The van der Waals surface area contributed by atoms with E-state index in [0.29, 0.717) is 0 Å². The zero-order chi connectivity index (χ0) is 21.6. The Morgan fingerprint density at radius 3 is 2.38 bits per heavy atom. The molecule has 29 heavy (non-hydrogen) atoms. The molecule has 158 valence electrons. The van der Waals surface area contributed by atoms with E-state index in [0.717, 1.165) is 11.1 Å². The van der Waals surface area contributed by atoms with Crippen LogP contribution in [0.4, 0.5) is 4.79 Å². The van der Waals surface area contributed by atoms with Crippen LogP contribution in [-0.2, 0) is 23.8 Å². The number of carbonyl (C=O) groups excluding carboxylic acids is 3. The highest BCUT2D eigenvalue weighted by molar-refractivity contribution is 5.84. The highest BCUT2D eigenvalue weighted by Crippen LogP contribution is 2.39. The van der Waals surface area contributed by atoms with Crippen LogP contribution in [0.5, 0.6) is 5.75 Å². The average Bonchev–Trinajstić information content (AvgIpc) is 3.08. The molecule has 0 unspecified atom stereocenters. The summed E-state index contributed by atoms with van der Waals surface area (Å²) in [6.45, 7) is 3.93. The van der Waals surface area contributed by atoms with Crippen molar-refractivity contribution < 1.29 is 33.7 Å². The molecule has 1 aromatic carbocycles. The van der Waals surface area contributed by atoms with Gasteiger partial charge in [-0.1, -0.05) is 23.8 Å². The molecule has 1 N–H and O–H groups in total. The van der Waals surface area contributed by atoms with Crippen LogP contribution in [0.2, 0.25) is 0 Å². The molecule has 0 aromatic heterocycles. The van der Waals surface area contributed by atoms with E-state index in [9.17, 15) is 19.5 Å². The molecular weight excluding hydrogens is 378 g/mol. The maximum Gasteiger partial charge on any atom is 0.410 e. The van der Waals surface area contributed by atoms with Crippen LogP contribution in [0.15, 0.2) is 29.8 Å². The summed E-state index contributed by atoms with van der Waals surface area (Å²) in [7, 11) is 2.52. The lowest BCUT2D eigenvalue weighted by Crippen LogP contribution is -2.44. The number of aromatic hydroxyl groups is 1. The summed E-state index contributed by atoms with van der Waals surface area (Å²) >= 11 is 0. The van der Waals surface area contributed by atoms with Crippen molar-refractivity contribution in [3.05, 3.63) is 35.4 Å². The number of likely N-dealkylation sites (tertiary alicyclic amines) is 1. The lowest BCUT2D eigenvalue weighted by atomic mass is 9.82. The topological polar surface area (TPSA) is 102 Å². The third-order valence-corrected chi connectivity index (χ3v) is 5.10. The Morgan fingerprint density at radius 1 is 1.17 bits per heavy atom. The summed E-state index contributed by atoms with van der Waals surface area (Å²) in [6.07, 6.45) is 1.23. The third-order valence-electron chi connectivity index (χ3n) is 5.10. The average molecular weight is 405 g/mol. The summed E-state index contributed by atoms with van der Waals surface area (Å²) in [5.41, 5.74) is 1.73. The van der Waals surface area contributed by atoms with Gasteiger partial charge in [0.2, 0.25) is 0 Å². The van der Waals surface area contributed by atoms with Crippen molar-refractivity contribution in [3.8, 4) is 5.75 Å². The van der Waals surface area contributed by atoms with Crippen molar-refractivity contribution in [2.45, 2.75) is 26.3 Å². The molecule has 8 heteroatoms. The molecule has 1 saturated heterocycles. The van der Waals surface area contributed by atoms with Gasteiger partial charge < -0.3 is 19.3 Å². The number of hydrogen-bond donors (Lipinski definition) is 1. The van der Waals surface area contributed by atoms with E-state index in [-0.39, 0.29) is 31.2 Å². The summed E-state index contributed by atoms with van der Waals surface area (Å²) in [5, 5.41) is 9.46. The minimum absolute atomic E-state index is 0.0441. The largest absolute Gasteiger partial charge is 0.508 e. The highest BCUT2D eigenvalue weighted by atomic mass is 16.6. The minimum atomic E-state index is -0.952. The van der Waals surface area contributed by atoms with E-state index in [2.05, 4.69) is 0 Å². The van der Waals surface area contributed by atoms with Crippen LogP contribution in [0, 0.1) is 11.8 Å². The fourth-order valence-corrected chi connectivity index (χ4v) is 3.68. The van der Waals surface area contributed by atoms with E-state index in [1.807, 2.05) is 13.0 Å². The van der Waals surface area contributed by atoms with Crippen molar-refractivity contribution in [2.24, 2.45) is 11.8 Å². The molecule has 1 amide bonds. The second kappa shape index (κ2) is 9.95. The molecule has 1 heterocycles. The van der Waals surface area contributed by atoms with Crippen LogP contribution in [0.3, 0.4) is 0 Å². The van der Waals surface area contributed by atoms with Gasteiger partial charge in [-0.3, -0.25) is 9.69 Å². The Balaban J connectivity index is 2.42. The second-order valence-corrected chi connectivity index (χ2v) is 6.85. The first-order valence-corrected chi connectivity index (χ1v) is 9.37. The van der Waals surface area contributed by atoms with Gasteiger partial charge in [0, 0.05) is 18.4 Å². The molecule has 0 radical (unpaired) electrons. The zero-order valence-electron chi connectivity index (χ0n) is 17.1. The maximum absolute atomic E-state index is 12.5. The molecule has 0 aliphatic carbocycles. The molecule has 0 spiro atoms. The van der Waals surface area contributed by atoms with Gasteiger partial charge >= 0.3 is 18.0 Å². The Labute approximate surface area is 170 Å². The number of benzene rings is 1. The van der Waals surface area contributed by atoms with Gasteiger partial charge in [0.05, 0.1) is 27.2 Å². The van der Waals surface area contributed by atoms with E-state index >= 15 is 0 Å². The molecule has 1 fully saturated rings. The number of phenols is 1. The molecule has 1 aliphatic heterocycles. The van der Waals surface area contributed by atoms with Crippen LogP contribution in [-0.4, -0.2) is 61.5 Å². The van der Waals surface area contributed by atoms with Crippen molar-refractivity contribution in [2.75, 3.05) is 27.4 Å². The molecule has 3 atom stereocenters. The molecule has 0 saturated carbocycles. The van der Waals surface area contributed by atoms with Gasteiger partial charge in [-0.05, 0) is 31.5 Å². The lowest BCUT2D eigenvalue weighted by molar-refractivity contribution is -0.148. The number of rotatable bonds is 6. The molecule has 0 bridgehead atoms. The predicted molar refractivity (Wildman–Crippen MR) is 105 cm³/mol. The Hall–Kier alpha value is -3.03. The first kappa shape index (κ1) is 22.3. The Bertz CT molecular complexity index is 772. The number of amides is 1. The van der Waals surface area contributed by atoms with Crippen LogP contribution in [0.25, 0.3) is 6.08 Å². The minimum Gasteiger partial charge on any atom is -0.508 e. The summed E-state index contributed by atoms with van der Waals surface area (Å²) in [4.78, 5) is 38.3. The van der Waals surface area contributed by atoms with Crippen molar-refractivity contribution in [1.82, 2.24) is 4.90 Å². The normalized spacial score (nSPS) is 21.6. The zero-order valence-corrected chi connectivity index (χ0v) is 17.1. The number of esters is 2. The molecule has 8 nitrogen and oxygen atoms in total. The quantitative estimate of drug-likeness (QED) is 0.573. The fraction of sp³-hybridized carbons (Fsp3) is 0.476. The first-order valence-electron chi connectivity index (χ1n) is 9.37. The van der Waals surface area contributed by atoms with E-state index in [1.54, 1.807) is 31.2 Å². The standard InChI is InChI=1S/C21H27NO7/c1-5-29-21(26)22-12-17(13(2)10-14-6-8-15(23)9-7-14)16(11-18(24)27-3)19(22)20(25)28-4/h6-10,16-17,19,23H,5,11-12H2,1-4H3/b13-10+/t16-,17+,19-/m0/s1. The van der Waals surface area contributed by atoms with Crippen LogP contribution >= 0.6 is 0 Å². The van der Waals surface area contributed by atoms with Gasteiger partial charge in [0.15, 0.2) is 0 Å². The number of ether oxygens (including phenoxy) is 3. The second-order valence-electron chi connectivity index (χ2n) is 6.85. The van der Waals surface area contributed by atoms with Crippen molar-refractivity contribution in [3.63, 3.8) is 0 Å². The molecule has 1 aliphatic rings. The first-order chi connectivity index (χ1) is 13.8. The van der Waals surface area contributed by atoms with Gasteiger partial charge in [-0.25, -0.2) is 9.59 Å². The fourth-order valence-electron chi connectivity index (χ4n) is 3.68. The van der Waals surface area contributed by atoms with Crippen LogP contribution in [0.1, 0.15) is 25.8 Å². The van der Waals surface area contributed by atoms with Crippen molar-refractivity contribution >= 4 is 24.1 Å². The van der Waals surface area contributed by atoms with Gasteiger partial charge in [0.1, 0.15) is 11.8 Å². The molecule has 1 aromatic rings. The van der Waals surface area contributed by atoms with Gasteiger partial charge in [0.25, 0.3) is 0 Å². The van der Waals surface area contributed by atoms with E-state index in [4.69, 9.17) is 14.2 Å². The monoisotopic (exact) mass is 405 g/mol. The Morgan fingerprint density at radius 2 is 1.83 bits per heavy atom. The SMILES string of the molecule is CCOC(=O)N1C[C@H](/C(C)=C/c2ccc(O)cc2)[C@H](CC(=O)OC)[C@H]1C(=O)OC. The Kier molecular flexibility index (Phi) is 7.64. The summed E-state index contributed by atoms with van der Waals surface area (Å²) in [6, 6.07) is 5.70. The highest BCUT2D eigenvalue weighted by Gasteiger charge is 2.50. The maximum atomic E-state index is 12.5. The summed E-state index contributed by atoms with van der Waals surface area (Å²) in [5.74, 6) is -1.73. The number of phenolic OH excluding ortho intramolecular Hbond substituents is 1. The number of nitrogens with zero attached hydrogens (tertiary/aromatic N) is 1.